The van der Waals surface area contributed by atoms with E-state index in [9.17, 15) is 15.0 Å². The maximum Gasteiger partial charge on any atom is 0.252 e. The van der Waals surface area contributed by atoms with Crippen molar-refractivity contribution in [3.63, 3.8) is 0 Å². The van der Waals surface area contributed by atoms with Crippen LogP contribution >= 0.6 is 0 Å². The molecule has 2 spiro atoms. The minimum absolute atomic E-state index is 0.130. The maximum atomic E-state index is 13.9. The van der Waals surface area contributed by atoms with Gasteiger partial charge in [-0.15, -0.1) is 0 Å². The van der Waals surface area contributed by atoms with Crippen LogP contribution in [0.2, 0.25) is 0 Å². The number of hydrogen-bond acceptors (Lipinski definition) is 7. The van der Waals surface area contributed by atoms with Crippen molar-refractivity contribution in [2.24, 2.45) is 11.3 Å². The summed E-state index contributed by atoms with van der Waals surface area (Å²) in [6.45, 7) is 2.35. The summed E-state index contributed by atoms with van der Waals surface area (Å²) >= 11 is 0. The number of aromatic hydroxyl groups is 1. The van der Waals surface area contributed by atoms with Crippen molar-refractivity contribution in [2.45, 2.75) is 68.2 Å². The normalized spacial score (nSPS) is 37.3. The summed E-state index contributed by atoms with van der Waals surface area (Å²) in [7, 11) is 1.74. The van der Waals surface area contributed by atoms with Crippen molar-refractivity contribution in [3.05, 3.63) is 52.9 Å². The molecule has 4 bridgehead atoms. The lowest BCUT2D eigenvalue weighted by Gasteiger charge is -2.70. The number of phenolic OH excluding ortho intramolecular Hbond substituents is 1. The number of carbonyl (C=O) groups excluding carboxylic acids is 1. The summed E-state index contributed by atoms with van der Waals surface area (Å²) in [5, 5.41) is 27.1. The summed E-state index contributed by atoms with van der Waals surface area (Å²) in [4.78, 5) is 18.2. The third-order valence-electron chi connectivity index (χ3n) is 10.3. The topological polar surface area (TPSA) is 99.3 Å². The molecule has 1 saturated heterocycles. The molecule has 8 nitrogen and oxygen atoms in total. The van der Waals surface area contributed by atoms with Crippen molar-refractivity contribution in [1.82, 2.24) is 15.0 Å². The van der Waals surface area contributed by atoms with Crippen molar-refractivity contribution >= 4 is 5.91 Å². The van der Waals surface area contributed by atoms with Crippen LogP contribution in [-0.4, -0.2) is 69.0 Å². The summed E-state index contributed by atoms with van der Waals surface area (Å²) in [5.41, 5.74) is 1.25. The van der Waals surface area contributed by atoms with E-state index in [2.05, 4.69) is 22.2 Å². The number of piperidine rings is 1. The minimum Gasteiger partial charge on any atom is -0.504 e. The van der Waals surface area contributed by atoms with Crippen LogP contribution in [0.1, 0.15) is 48.9 Å². The number of aromatic nitrogens is 1. The van der Waals surface area contributed by atoms with Gasteiger partial charge in [0.25, 0.3) is 5.91 Å². The zero-order chi connectivity index (χ0) is 24.4. The molecule has 1 aromatic heterocycles. The number of ether oxygens (including phenoxy) is 1. The molecule has 0 radical (unpaired) electrons. The number of phenols is 1. The Hall–Kier alpha value is -2.84. The van der Waals surface area contributed by atoms with E-state index in [1.54, 1.807) is 24.1 Å². The number of nitrogens with zero attached hydrogens (tertiary/aromatic N) is 3. The third-order valence-corrected chi connectivity index (χ3v) is 10.3. The SMILES string of the molecule is CN(Cc1ccon1)C(=O)C1=C[C@@]23CC[C@]1(O)[C@@H]1Oc4c(O)ccc5c4[C@@]12CCN(CC1CC1)[C@@H]3C5. The fourth-order valence-corrected chi connectivity index (χ4v) is 8.64. The van der Waals surface area contributed by atoms with E-state index in [0.717, 1.165) is 43.8 Å². The van der Waals surface area contributed by atoms with Gasteiger partial charge in [-0.1, -0.05) is 17.3 Å². The van der Waals surface area contributed by atoms with Gasteiger partial charge < -0.3 is 24.4 Å². The molecule has 8 heteroatoms. The van der Waals surface area contributed by atoms with Gasteiger partial charge in [-0.05, 0) is 62.6 Å². The molecule has 5 aliphatic carbocycles. The second kappa shape index (κ2) is 6.72. The van der Waals surface area contributed by atoms with E-state index in [-0.39, 0.29) is 23.1 Å². The van der Waals surface area contributed by atoms with Crippen molar-refractivity contribution in [1.29, 1.82) is 0 Å². The monoisotopic (exact) mass is 489 g/mol. The molecular formula is C28H31N3O5. The molecule has 2 saturated carbocycles. The Balaban J connectivity index is 1.30. The third kappa shape index (κ3) is 2.38. The maximum absolute atomic E-state index is 13.9. The zero-order valence-corrected chi connectivity index (χ0v) is 20.4. The minimum atomic E-state index is -1.42. The van der Waals surface area contributed by atoms with Crippen LogP contribution in [0.15, 0.2) is 40.6 Å². The average Bonchev–Trinajstić information content (AvgIpc) is 3.38. The molecule has 2 N–H and O–H groups in total. The van der Waals surface area contributed by atoms with Crippen LogP contribution in [0.25, 0.3) is 0 Å². The largest absolute Gasteiger partial charge is 0.504 e. The lowest BCUT2D eigenvalue weighted by Crippen LogP contribution is -2.78. The van der Waals surface area contributed by atoms with Crippen LogP contribution in [0, 0.1) is 11.3 Å². The Morgan fingerprint density at radius 3 is 2.89 bits per heavy atom. The fourth-order valence-electron chi connectivity index (χ4n) is 8.64. The molecule has 2 aromatic rings. The molecule has 36 heavy (non-hydrogen) atoms. The molecule has 1 amide bonds. The van der Waals surface area contributed by atoms with Gasteiger partial charge in [-0.2, -0.15) is 0 Å². The van der Waals surface area contributed by atoms with Gasteiger partial charge in [0.05, 0.1) is 12.0 Å². The molecule has 9 rings (SSSR count). The summed E-state index contributed by atoms with van der Waals surface area (Å²) in [5.74, 6) is 1.22. The number of carbonyl (C=O) groups is 1. The fraction of sp³-hybridized carbons (Fsp3) is 0.571. The lowest BCUT2D eigenvalue weighted by molar-refractivity contribution is -0.188. The van der Waals surface area contributed by atoms with E-state index in [0.29, 0.717) is 30.0 Å². The first-order valence-electron chi connectivity index (χ1n) is 13.2. The number of hydrogen-bond donors (Lipinski definition) is 2. The number of fused-ring (bicyclic) bond motifs is 1. The molecular weight excluding hydrogens is 458 g/mol. The van der Waals surface area contributed by atoms with Crippen LogP contribution < -0.4 is 4.74 Å². The van der Waals surface area contributed by atoms with Gasteiger partial charge in [-0.3, -0.25) is 9.69 Å². The van der Waals surface area contributed by atoms with Gasteiger partial charge in [0.15, 0.2) is 11.5 Å². The van der Waals surface area contributed by atoms with Crippen molar-refractivity contribution in [3.8, 4) is 11.5 Å². The zero-order valence-electron chi connectivity index (χ0n) is 20.4. The predicted molar refractivity (Wildman–Crippen MR) is 128 cm³/mol. The highest BCUT2D eigenvalue weighted by atomic mass is 16.5. The van der Waals surface area contributed by atoms with E-state index in [1.807, 2.05) is 0 Å². The first-order chi connectivity index (χ1) is 17.4. The molecule has 5 atom stereocenters. The smallest absolute Gasteiger partial charge is 0.252 e. The molecule has 7 aliphatic rings. The molecule has 3 fully saturated rings. The Bertz CT molecular complexity index is 1320. The van der Waals surface area contributed by atoms with E-state index in [1.165, 1.54) is 24.7 Å². The Kier molecular flexibility index (Phi) is 3.97. The Morgan fingerprint density at radius 1 is 1.25 bits per heavy atom. The van der Waals surface area contributed by atoms with E-state index in [4.69, 9.17) is 9.26 Å². The number of aliphatic hydroxyl groups is 1. The quantitative estimate of drug-likeness (QED) is 0.666. The van der Waals surface area contributed by atoms with Gasteiger partial charge in [-0.25, -0.2) is 0 Å². The van der Waals surface area contributed by atoms with Crippen LogP contribution in [-0.2, 0) is 23.2 Å². The number of likely N-dealkylation sites (tertiary alicyclic amines) is 1. The number of benzene rings is 1. The lowest BCUT2D eigenvalue weighted by atomic mass is 9.38. The van der Waals surface area contributed by atoms with Gasteiger partial charge in [0, 0.05) is 42.3 Å². The number of likely N-dealkylation sites (N-methyl/N-ethyl adjacent to an activating group) is 1. The van der Waals surface area contributed by atoms with Crippen LogP contribution in [0.5, 0.6) is 11.5 Å². The second-order valence-electron chi connectivity index (χ2n) is 12.0. The molecule has 1 aromatic carbocycles. The summed E-state index contributed by atoms with van der Waals surface area (Å²) in [6, 6.07) is 5.78. The summed E-state index contributed by atoms with van der Waals surface area (Å²) in [6.07, 6.45) is 8.69. The van der Waals surface area contributed by atoms with Gasteiger partial charge in [0.2, 0.25) is 0 Å². The second-order valence-corrected chi connectivity index (χ2v) is 12.0. The Labute approximate surface area is 209 Å². The van der Waals surface area contributed by atoms with E-state index >= 15 is 0 Å². The number of rotatable bonds is 5. The first kappa shape index (κ1) is 21.3. The van der Waals surface area contributed by atoms with Crippen molar-refractivity contribution < 1.29 is 24.3 Å². The molecule has 3 heterocycles. The molecule has 188 valence electrons. The van der Waals surface area contributed by atoms with Gasteiger partial charge in [0.1, 0.15) is 23.7 Å². The van der Waals surface area contributed by atoms with Gasteiger partial charge >= 0.3 is 0 Å². The highest BCUT2D eigenvalue weighted by Crippen LogP contribution is 2.74. The van der Waals surface area contributed by atoms with Crippen LogP contribution in [0.4, 0.5) is 0 Å². The van der Waals surface area contributed by atoms with Crippen molar-refractivity contribution in [2.75, 3.05) is 20.1 Å². The van der Waals surface area contributed by atoms with Crippen LogP contribution in [0.3, 0.4) is 0 Å². The standard InChI is InChI=1S/C28H31N3O5/c1-30(15-18-6-11-35-29-18)24(33)19-13-26-7-8-28(19,34)25-27(26)9-10-31(14-16-2-3-16)21(26)12-17-4-5-20(32)23(36-25)22(17)27/h4-6,11,13,16,21,25,32,34H,2-3,7-10,12,14-15H2,1H3/t21-,25-,26-,27+,28-/m1/s1. The first-order valence-corrected chi connectivity index (χ1v) is 13.2. The average molecular weight is 490 g/mol. The molecule has 0 unspecified atom stereocenters. The highest BCUT2D eigenvalue weighted by Gasteiger charge is 2.78. The Morgan fingerprint density at radius 2 is 2.11 bits per heavy atom. The van der Waals surface area contributed by atoms with E-state index < -0.39 is 17.1 Å². The summed E-state index contributed by atoms with van der Waals surface area (Å²) < 4.78 is 11.5. The molecule has 2 aliphatic heterocycles. The number of amides is 1. The predicted octanol–water partition coefficient (Wildman–Crippen LogP) is 2.53. The highest BCUT2D eigenvalue weighted by molar-refractivity contribution is 5.97.